The number of rotatable bonds is 15. The van der Waals surface area contributed by atoms with E-state index in [9.17, 15) is 40.8 Å². The molecule has 0 bridgehead atoms. The molecule has 5 amide bonds. The van der Waals surface area contributed by atoms with Gasteiger partial charge in [0.25, 0.3) is 0 Å². The van der Waals surface area contributed by atoms with Gasteiger partial charge in [-0.1, -0.05) is 77.0 Å². The van der Waals surface area contributed by atoms with E-state index in [0.29, 0.717) is 78.8 Å². The summed E-state index contributed by atoms with van der Waals surface area (Å²) in [5.74, 6) is 10.7. The summed E-state index contributed by atoms with van der Waals surface area (Å²) in [4.78, 5) is 72.8. The Balaban J connectivity index is 0.000000123. The number of hydrogen-bond donors (Lipinski definition) is 5. The minimum atomic E-state index is -3.00. The second kappa shape index (κ2) is 35.0. The summed E-state index contributed by atoms with van der Waals surface area (Å²) in [6.07, 6.45) is 37.8. The first kappa shape index (κ1) is 75.2. The third-order valence-corrected chi connectivity index (χ3v) is 30.7. The lowest BCUT2D eigenvalue weighted by atomic mass is 9.99. The largest absolute Gasteiger partial charge is 0.376 e. The van der Waals surface area contributed by atoms with Gasteiger partial charge in [0.05, 0.1) is 58.3 Å². The van der Waals surface area contributed by atoms with Crippen molar-refractivity contribution in [3.8, 4) is 0 Å². The lowest BCUT2D eigenvalue weighted by Crippen LogP contribution is -2.49. The van der Waals surface area contributed by atoms with Crippen LogP contribution in [0.3, 0.4) is 0 Å². The summed E-state index contributed by atoms with van der Waals surface area (Å²) in [7, 11) is 3.43. The van der Waals surface area contributed by atoms with E-state index in [-0.39, 0.29) is 58.6 Å². The second-order valence-electron chi connectivity index (χ2n) is 33.4. The van der Waals surface area contributed by atoms with Gasteiger partial charge in [-0.25, -0.2) is 16.8 Å². The molecule has 15 rings (SSSR count). The molecule has 7 saturated carbocycles. The van der Waals surface area contributed by atoms with Crippen molar-refractivity contribution in [2.24, 2.45) is 71.0 Å². The Morgan fingerprint density at radius 1 is 0.309 bits per heavy atom. The maximum atomic E-state index is 12.6. The highest BCUT2D eigenvalue weighted by atomic mass is 32.2. The van der Waals surface area contributed by atoms with E-state index >= 15 is 0 Å². The van der Waals surface area contributed by atoms with Crippen LogP contribution >= 0.6 is 0 Å². The van der Waals surface area contributed by atoms with Gasteiger partial charge in [-0.05, 0) is 235 Å². The number of carbonyl (C=O) groups is 5. The summed E-state index contributed by atoms with van der Waals surface area (Å²) in [6, 6.07) is -0.0487. The van der Waals surface area contributed by atoms with Gasteiger partial charge in [0, 0.05) is 72.1 Å². The topological polar surface area (TPSA) is 239 Å². The molecule has 0 spiro atoms. The average Bonchev–Trinajstić information content (AvgIpc) is 1.69. The summed E-state index contributed by atoms with van der Waals surface area (Å²) < 4.78 is 54.4. The molecule has 15 aliphatic rings. The van der Waals surface area contributed by atoms with E-state index in [2.05, 4.69) is 41.3 Å². The molecule has 0 aromatic rings. The van der Waals surface area contributed by atoms with E-state index in [1.165, 1.54) is 128 Å². The fraction of sp³-hybridized carbons (Fsp3) is 0.933. The van der Waals surface area contributed by atoms with Crippen LogP contribution in [0.1, 0.15) is 205 Å². The predicted molar refractivity (Wildman–Crippen MR) is 382 cm³/mol. The molecule has 0 aromatic carbocycles. The number of likely N-dealkylation sites (tertiary alicyclic amines) is 5. The van der Waals surface area contributed by atoms with Crippen LogP contribution in [0.25, 0.3) is 0 Å². The average molecular weight is 1400 g/mol. The summed E-state index contributed by atoms with van der Waals surface area (Å²) in [5, 5.41) is 15.2. The number of ether oxygens (including phenoxy) is 1. The van der Waals surface area contributed by atoms with Crippen LogP contribution in [0, 0.1) is 71.0 Å². The fourth-order valence-corrected chi connectivity index (χ4v) is 22.9. The molecule has 15 fully saturated rings. The van der Waals surface area contributed by atoms with Gasteiger partial charge in [-0.15, -0.1) is 0 Å². The fourth-order valence-electron chi connectivity index (χ4n) is 19.2. The maximum absolute atomic E-state index is 12.6. The van der Waals surface area contributed by atoms with E-state index in [4.69, 9.17) is 4.74 Å². The quantitative estimate of drug-likeness (QED) is 0.103. The first-order chi connectivity index (χ1) is 46.8. The Morgan fingerprint density at radius 2 is 0.577 bits per heavy atom. The van der Waals surface area contributed by atoms with Crippen LogP contribution in [-0.4, -0.2) is 236 Å². The zero-order valence-electron chi connectivity index (χ0n) is 60.5. The molecule has 8 aliphatic heterocycles. The first-order valence-corrected chi connectivity index (χ1v) is 43.1. The zero-order valence-corrected chi connectivity index (χ0v) is 62.1. The third-order valence-electron chi connectivity index (χ3n) is 26.2. The van der Waals surface area contributed by atoms with Crippen LogP contribution in [-0.2, 0) is 48.4 Å². The molecular formula is C75H130N10O10S2. The van der Waals surface area contributed by atoms with Gasteiger partial charge >= 0.3 is 0 Å². The SMILES string of the molecule is CNC1CC2CC2CN(CC2CCCCCC2)C1=O.CNC1CC2CC2CN(CC2CCCCCC2)C1=O.CNC1CC2CC2CN(CC2CCCCCO2)C1=O.CNC1CC2CC2CN(CC2CCCCS2(=O)=O)C1=O.CNC1CC2CC2CN(CC2CCCCS2(=O)=O)C1=O. The minimum Gasteiger partial charge on any atom is -0.376 e. The number of sulfone groups is 2. The lowest BCUT2D eigenvalue weighted by Gasteiger charge is -2.31. The van der Waals surface area contributed by atoms with E-state index in [1.807, 2.05) is 45.0 Å². The predicted octanol–water partition coefficient (Wildman–Crippen LogP) is 7.05. The molecular weight excluding hydrogens is 1270 g/mol. The number of likely N-dealkylation sites (N-methyl/N-ethyl adjacent to an activating group) is 5. The molecule has 97 heavy (non-hydrogen) atoms. The zero-order chi connectivity index (χ0) is 68.4. The number of carbonyl (C=O) groups excluding carboxylic acids is 5. The van der Waals surface area contributed by atoms with E-state index in [1.54, 1.807) is 0 Å². The normalized spacial score (nSPS) is 38.6. The first-order valence-electron chi connectivity index (χ1n) is 39.7. The summed E-state index contributed by atoms with van der Waals surface area (Å²) >= 11 is 0. The van der Waals surface area contributed by atoms with Crippen molar-refractivity contribution < 1.29 is 45.5 Å². The number of hydrogen-bond acceptors (Lipinski definition) is 15. The summed E-state index contributed by atoms with van der Waals surface area (Å²) in [5.41, 5.74) is 0. The van der Waals surface area contributed by atoms with Crippen molar-refractivity contribution in [3.05, 3.63) is 0 Å². The molecule has 552 valence electrons. The molecule has 8 heterocycles. The number of nitrogens with one attached hydrogen (secondary N) is 5. The van der Waals surface area contributed by atoms with E-state index in [0.717, 1.165) is 171 Å². The van der Waals surface area contributed by atoms with Crippen molar-refractivity contribution in [2.45, 2.75) is 252 Å². The molecule has 18 unspecified atom stereocenters. The Labute approximate surface area is 584 Å². The van der Waals surface area contributed by atoms with Gasteiger partial charge in [0.1, 0.15) is 0 Å². The summed E-state index contributed by atoms with van der Waals surface area (Å²) in [6.45, 7) is 9.10. The highest BCUT2D eigenvalue weighted by molar-refractivity contribution is 7.92. The highest BCUT2D eigenvalue weighted by Crippen LogP contribution is 2.49. The molecule has 0 aromatic heterocycles. The van der Waals surface area contributed by atoms with Gasteiger partial charge in [-0.3, -0.25) is 24.0 Å². The molecule has 22 heteroatoms. The van der Waals surface area contributed by atoms with Crippen molar-refractivity contribution in [1.29, 1.82) is 0 Å². The monoisotopic (exact) mass is 1390 g/mol. The number of nitrogens with zero attached hydrogens (tertiary/aromatic N) is 5. The van der Waals surface area contributed by atoms with Gasteiger partial charge in [0.2, 0.25) is 29.5 Å². The molecule has 18 atom stereocenters. The Bertz CT molecular complexity index is 2570. The highest BCUT2D eigenvalue weighted by Gasteiger charge is 2.51. The molecule has 5 N–H and O–H groups in total. The number of fused-ring (bicyclic) bond motifs is 5. The Morgan fingerprint density at radius 3 is 0.876 bits per heavy atom. The van der Waals surface area contributed by atoms with Gasteiger partial charge < -0.3 is 55.8 Å². The van der Waals surface area contributed by atoms with Crippen LogP contribution in [0.5, 0.6) is 0 Å². The van der Waals surface area contributed by atoms with Crippen LogP contribution in [0.2, 0.25) is 0 Å². The van der Waals surface area contributed by atoms with Crippen molar-refractivity contribution in [2.75, 3.05) is 119 Å². The van der Waals surface area contributed by atoms with Crippen LogP contribution < -0.4 is 26.6 Å². The van der Waals surface area contributed by atoms with Crippen LogP contribution in [0.4, 0.5) is 0 Å². The second-order valence-corrected chi connectivity index (χ2v) is 38.2. The van der Waals surface area contributed by atoms with Crippen molar-refractivity contribution in [1.82, 2.24) is 51.1 Å². The van der Waals surface area contributed by atoms with Crippen molar-refractivity contribution >= 4 is 49.2 Å². The van der Waals surface area contributed by atoms with Crippen molar-refractivity contribution in [3.63, 3.8) is 0 Å². The number of amides is 5. The van der Waals surface area contributed by atoms with E-state index < -0.39 is 19.7 Å². The minimum absolute atomic E-state index is 0.0308. The maximum Gasteiger partial charge on any atom is 0.239 e. The third kappa shape index (κ3) is 20.9. The standard InChI is InChI=1S/2C16H28N2O.C15H26N2O2.2C14H24N2O3S/c2*1-17-15-9-13-8-14(13)11-18(16(15)19)10-12-6-4-2-3-5-7-12;1-16-14-8-11-7-12(11)9-17(15(14)18)10-13-5-3-2-4-6-19-13;2*1-15-13-7-10-6-11(10)8-16(14(13)17)9-12-4-2-3-5-20(12,18)19/h2*12-15,17H,2-11H2,1H3;11-14,16H,2-10H2,1H3;2*10-13,15H,2-9H2,1H3. The van der Waals surface area contributed by atoms with Gasteiger partial charge in [-0.2, -0.15) is 0 Å². The molecule has 7 aliphatic carbocycles. The smallest absolute Gasteiger partial charge is 0.239 e. The van der Waals surface area contributed by atoms with Gasteiger partial charge in [0.15, 0.2) is 19.7 Å². The Hall–Kier alpha value is -2.99. The molecule has 20 nitrogen and oxygen atoms in total. The molecule has 8 saturated heterocycles. The Kier molecular flexibility index (Phi) is 27.1. The van der Waals surface area contributed by atoms with Crippen LogP contribution in [0.15, 0.2) is 0 Å². The lowest BCUT2D eigenvalue weighted by molar-refractivity contribution is -0.135. The molecule has 0 radical (unpaired) electrons.